The Balaban J connectivity index is 0.000000481. The van der Waals surface area contributed by atoms with Crippen LogP contribution in [0.3, 0.4) is 0 Å². The summed E-state index contributed by atoms with van der Waals surface area (Å²) in [6.45, 7) is 10.1. The molecule has 0 amide bonds. The molecule has 4 heterocycles. The van der Waals surface area contributed by atoms with Gasteiger partial charge < -0.3 is 15.3 Å². The van der Waals surface area contributed by atoms with Crippen LogP contribution in [0.5, 0.6) is 0 Å². The number of aliphatic hydroxyl groups is 1. The van der Waals surface area contributed by atoms with Crippen molar-refractivity contribution >= 4 is 33.2 Å². The van der Waals surface area contributed by atoms with Crippen LogP contribution in [0.25, 0.3) is 5.65 Å². The zero-order valence-electron chi connectivity index (χ0n) is 18.1. The molecule has 4 rings (SSSR count). The van der Waals surface area contributed by atoms with Crippen molar-refractivity contribution in [1.82, 2.24) is 14.6 Å². The first-order valence-electron chi connectivity index (χ1n) is 10.3. The Morgan fingerprint density at radius 2 is 1.93 bits per heavy atom. The van der Waals surface area contributed by atoms with Crippen LogP contribution in [0, 0.1) is 0 Å². The Morgan fingerprint density at radius 3 is 2.57 bits per heavy atom. The summed E-state index contributed by atoms with van der Waals surface area (Å²) in [6, 6.07) is 5.80. The van der Waals surface area contributed by atoms with Gasteiger partial charge in [0.05, 0.1) is 10.7 Å². The van der Waals surface area contributed by atoms with Crippen LogP contribution in [0.1, 0.15) is 46.1 Å². The first-order valence-corrected chi connectivity index (χ1v) is 11.1. The van der Waals surface area contributed by atoms with Gasteiger partial charge in [0.2, 0.25) is 12.4 Å². The van der Waals surface area contributed by atoms with E-state index >= 15 is 0 Å². The van der Waals surface area contributed by atoms with E-state index in [0.29, 0.717) is 6.54 Å². The fraction of sp³-hybridized carbons (Fsp3) is 0.476. The molecule has 0 unspecified atom stereocenters. The Bertz CT molecular complexity index is 922. The van der Waals surface area contributed by atoms with Gasteiger partial charge in [-0.05, 0) is 48.7 Å². The molecule has 1 fully saturated rings. The molecular weight excluding hydrogens is 448 g/mol. The quantitative estimate of drug-likeness (QED) is 0.390. The van der Waals surface area contributed by atoms with Crippen molar-refractivity contribution in [2.24, 2.45) is 0 Å². The van der Waals surface area contributed by atoms with Gasteiger partial charge in [-0.25, -0.2) is 4.98 Å². The fourth-order valence-electron chi connectivity index (χ4n) is 2.97. The zero-order chi connectivity index (χ0) is 22.1. The SMILES string of the molecule is CC.CC(C)O.O[n+]1cccc(CNc2cc(N3CCCC3)nc3c(Br)cnn23)c1. The predicted molar refractivity (Wildman–Crippen MR) is 122 cm³/mol. The van der Waals surface area contributed by atoms with E-state index < -0.39 is 0 Å². The molecule has 164 valence electrons. The largest absolute Gasteiger partial charge is 0.394 e. The minimum absolute atomic E-state index is 0.167. The van der Waals surface area contributed by atoms with Crippen LogP contribution in [-0.4, -0.2) is 44.1 Å². The number of nitrogens with one attached hydrogen (secondary N) is 1. The topological polar surface area (TPSA) is 89.8 Å². The lowest BCUT2D eigenvalue weighted by atomic mass is 10.3. The number of pyridine rings is 1. The van der Waals surface area contributed by atoms with E-state index in [1.165, 1.54) is 12.8 Å². The highest BCUT2D eigenvalue weighted by Crippen LogP contribution is 2.26. The van der Waals surface area contributed by atoms with E-state index in [1.807, 2.05) is 26.0 Å². The van der Waals surface area contributed by atoms with E-state index in [0.717, 1.165) is 45.1 Å². The van der Waals surface area contributed by atoms with E-state index in [9.17, 15) is 5.21 Å². The highest BCUT2D eigenvalue weighted by molar-refractivity contribution is 9.10. The van der Waals surface area contributed by atoms with Crippen molar-refractivity contribution in [2.45, 2.75) is 53.2 Å². The minimum atomic E-state index is -0.167. The van der Waals surface area contributed by atoms with Crippen LogP contribution >= 0.6 is 15.9 Å². The molecule has 0 atom stereocenters. The van der Waals surface area contributed by atoms with E-state index in [-0.39, 0.29) is 6.10 Å². The maximum absolute atomic E-state index is 9.52. The highest BCUT2D eigenvalue weighted by Gasteiger charge is 2.17. The van der Waals surface area contributed by atoms with E-state index in [4.69, 9.17) is 10.1 Å². The Labute approximate surface area is 186 Å². The number of rotatable bonds is 4. The molecular formula is C21H32BrN6O2+. The lowest BCUT2D eigenvalue weighted by Crippen LogP contribution is -2.29. The second-order valence-electron chi connectivity index (χ2n) is 6.96. The van der Waals surface area contributed by atoms with Crippen molar-refractivity contribution in [3.8, 4) is 0 Å². The molecule has 0 aliphatic carbocycles. The maximum Gasteiger partial charge on any atom is 0.227 e. The van der Waals surface area contributed by atoms with E-state index in [1.54, 1.807) is 43.0 Å². The molecule has 9 heteroatoms. The summed E-state index contributed by atoms with van der Waals surface area (Å²) in [6.07, 6.45) is 7.26. The summed E-state index contributed by atoms with van der Waals surface area (Å²) in [5.74, 6) is 1.84. The third-order valence-corrected chi connectivity index (χ3v) is 4.73. The van der Waals surface area contributed by atoms with Crippen molar-refractivity contribution in [1.29, 1.82) is 0 Å². The minimum Gasteiger partial charge on any atom is -0.394 e. The summed E-state index contributed by atoms with van der Waals surface area (Å²) in [7, 11) is 0. The second-order valence-corrected chi connectivity index (χ2v) is 7.82. The number of nitrogens with zero attached hydrogens (tertiary/aromatic N) is 5. The first kappa shape index (κ1) is 23.9. The van der Waals surface area contributed by atoms with Crippen LogP contribution < -0.4 is 14.9 Å². The van der Waals surface area contributed by atoms with Crippen molar-refractivity contribution in [2.75, 3.05) is 23.3 Å². The number of hydrogen-bond acceptors (Lipinski definition) is 6. The number of halogens is 1. The lowest BCUT2D eigenvalue weighted by Gasteiger charge is -2.18. The predicted octanol–water partition coefficient (Wildman–Crippen LogP) is 3.64. The normalized spacial score (nSPS) is 13.0. The summed E-state index contributed by atoms with van der Waals surface area (Å²) in [5, 5.41) is 25.4. The third kappa shape index (κ3) is 6.56. The van der Waals surface area contributed by atoms with Crippen LogP contribution in [-0.2, 0) is 6.54 Å². The zero-order valence-corrected chi connectivity index (χ0v) is 19.7. The van der Waals surface area contributed by atoms with Gasteiger partial charge >= 0.3 is 0 Å². The molecule has 8 nitrogen and oxygen atoms in total. The molecule has 0 spiro atoms. The highest BCUT2D eigenvalue weighted by atomic mass is 79.9. The summed E-state index contributed by atoms with van der Waals surface area (Å²) in [5.41, 5.74) is 1.77. The van der Waals surface area contributed by atoms with Crippen molar-refractivity contribution < 1.29 is 15.0 Å². The standard InChI is InChI=1S/C16H18BrN6O.C3H8O.C2H6/c17-13-10-19-23-14(18-9-12-4-3-7-22(24)11-12)8-15(20-16(13)23)21-5-1-2-6-21;1-3(2)4;1-2/h3-4,7-8,10-11,18,24H,1-2,5-6,9H2;3-4H,1-2H3;1-2H3/q+1;;. The van der Waals surface area contributed by atoms with Gasteiger partial charge in [-0.3, -0.25) is 5.21 Å². The number of aromatic nitrogens is 4. The molecule has 1 aliphatic heterocycles. The summed E-state index contributed by atoms with van der Waals surface area (Å²) >= 11 is 3.52. The van der Waals surface area contributed by atoms with Gasteiger partial charge in [-0.2, -0.15) is 9.61 Å². The van der Waals surface area contributed by atoms with Gasteiger partial charge in [0.15, 0.2) is 5.65 Å². The van der Waals surface area contributed by atoms with Crippen LogP contribution in [0.4, 0.5) is 11.6 Å². The second kappa shape index (κ2) is 11.7. The van der Waals surface area contributed by atoms with Crippen LogP contribution in [0.2, 0.25) is 0 Å². The maximum atomic E-state index is 9.52. The Kier molecular flexibility index (Phi) is 9.32. The molecule has 0 aromatic carbocycles. The monoisotopic (exact) mass is 479 g/mol. The molecule has 3 N–H and O–H groups in total. The van der Waals surface area contributed by atoms with Gasteiger partial charge in [-0.15, -0.1) is 0 Å². The van der Waals surface area contributed by atoms with Crippen LogP contribution in [0.15, 0.2) is 41.3 Å². The van der Waals surface area contributed by atoms with Gasteiger partial charge in [0, 0.05) is 48.2 Å². The van der Waals surface area contributed by atoms with E-state index in [2.05, 4.69) is 31.2 Å². The molecule has 1 saturated heterocycles. The van der Waals surface area contributed by atoms with Crippen molar-refractivity contribution in [3.63, 3.8) is 0 Å². The molecule has 0 radical (unpaired) electrons. The molecule has 1 aliphatic rings. The molecule has 3 aromatic rings. The van der Waals surface area contributed by atoms with Gasteiger partial charge in [0.25, 0.3) is 0 Å². The molecule has 30 heavy (non-hydrogen) atoms. The average molecular weight is 480 g/mol. The fourth-order valence-corrected chi connectivity index (χ4v) is 3.31. The van der Waals surface area contributed by atoms with Gasteiger partial charge in [0.1, 0.15) is 11.6 Å². The number of aliphatic hydroxyl groups excluding tert-OH is 1. The first-order chi connectivity index (χ1) is 14.4. The molecule has 0 saturated carbocycles. The smallest absolute Gasteiger partial charge is 0.227 e. The Morgan fingerprint density at radius 1 is 1.27 bits per heavy atom. The van der Waals surface area contributed by atoms with Crippen molar-refractivity contribution in [3.05, 3.63) is 46.8 Å². The number of hydrogen-bond donors (Lipinski definition) is 3. The number of anilines is 2. The van der Waals surface area contributed by atoms with Gasteiger partial charge in [-0.1, -0.05) is 13.8 Å². The summed E-state index contributed by atoms with van der Waals surface area (Å²) in [4.78, 5) is 7.04. The number of fused-ring (bicyclic) bond motifs is 1. The molecule has 0 bridgehead atoms. The molecule has 3 aromatic heterocycles. The third-order valence-electron chi connectivity index (χ3n) is 4.17. The summed E-state index contributed by atoms with van der Waals surface area (Å²) < 4.78 is 3.72. The average Bonchev–Trinajstić information content (AvgIpc) is 3.38. The Hall–Kier alpha value is -2.39. The lowest BCUT2D eigenvalue weighted by molar-refractivity contribution is -0.905.